The number of nitrogens with one attached hydrogen (secondary N) is 2. The molecule has 1 aromatic carbocycles. The van der Waals surface area contributed by atoms with Crippen LogP contribution in [-0.4, -0.2) is 30.1 Å². The van der Waals surface area contributed by atoms with Gasteiger partial charge in [0.05, 0.1) is 10.6 Å². The molecule has 0 saturated carbocycles. The van der Waals surface area contributed by atoms with Gasteiger partial charge in [-0.3, -0.25) is 4.79 Å². The molecule has 1 heterocycles. The fraction of sp³-hybridized carbons (Fsp3) is 0.462. The second-order valence-corrected chi connectivity index (χ2v) is 4.93. The minimum Gasteiger partial charge on any atom is -0.508 e. The number of hydrogen-bond donors (Lipinski definition) is 3. The molecule has 5 heteroatoms. The Morgan fingerprint density at radius 2 is 2.33 bits per heavy atom. The van der Waals surface area contributed by atoms with Gasteiger partial charge in [-0.05, 0) is 37.6 Å². The molecule has 0 aromatic heterocycles. The molecule has 0 spiro atoms. The summed E-state index contributed by atoms with van der Waals surface area (Å²) in [7, 11) is 0. The quantitative estimate of drug-likeness (QED) is 0.785. The second kappa shape index (κ2) is 6.07. The largest absolute Gasteiger partial charge is 0.508 e. The third kappa shape index (κ3) is 3.37. The summed E-state index contributed by atoms with van der Waals surface area (Å²) < 4.78 is 0. The first kappa shape index (κ1) is 13.2. The fourth-order valence-electron chi connectivity index (χ4n) is 2.10. The molecule has 1 saturated heterocycles. The van der Waals surface area contributed by atoms with E-state index in [1.54, 1.807) is 0 Å². The third-order valence-electron chi connectivity index (χ3n) is 3.12. The number of phenols is 1. The normalized spacial score (nSPS) is 19.5. The average molecular weight is 269 g/mol. The summed E-state index contributed by atoms with van der Waals surface area (Å²) in [5.74, 6) is -0.205. The van der Waals surface area contributed by atoms with Crippen LogP contribution < -0.4 is 10.6 Å². The molecule has 1 atom stereocenters. The summed E-state index contributed by atoms with van der Waals surface area (Å²) in [6.07, 6.45) is 3.47. The van der Waals surface area contributed by atoms with Gasteiger partial charge in [0.15, 0.2) is 0 Å². The van der Waals surface area contributed by atoms with Crippen LogP contribution in [0.1, 0.15) is 29.6 Å². The third-order valence-corrected chi connectivity index (χ3v) is 3.45. The van der Waals surface area contributed by atoms with Gasteiger partial charge in [0.2, 0.25) is 0 Å². The molecule has 98 valence electrons. The van der Waals surface area contributed by atoms with Crippen molar-refractivity contribution in [3.05, 3.63) is 28.8 Å². The van der Waals surface area contributed by atoms with Crippen LogP contribution in [0.5, 0.6) is 5.75 Å². The number of amides is 1. The lowest BCUT2D eigenvalue weighted by atomic mass is 10.1. The monoisotopic (exact) mass is 268 g/mol. The van der Waals surface area contributed by atoms with E-state index in [0.717, 1.165) is 13.0 Å². The van der Waals surface area contributed by atoms with E-state index >= 15 is 0 Å². The number of halogens is 1. The van der Waals surface area contributed by atoms with Gasteiger partial charge in [-0.15, -0.1) is 0 Å². The van der Waals surface area contributed by atoms with Gasteiger partial charge < -0.3 is 15.7 Å². The maximum Gasteiger partial charge on any atom is 0.252 e. The molecule has 2 rings (SSSR count). The van der Waals surface area contributed by atoms with Crippen LogP contribution >= 0.6 is 11.6 Å². The molecule has 1 unspecified atom stereocenters. The van der Waals surface area contributed by atoms with E-state index in [1.165, 1.54) is 31.0 Å². The average Bonchev–Trinajstić information content (AvgIpc) is 2.40. The van der Waals surface area contributed by atoms with Crippen molar-refractivity contribution in [2.45, 2.75) is 25.3 Å². The molecule has 1 aliphatic heterocycles. The topological polar surface area (TPSA) is 61.4 Å². The molecule has 1 aromatic rings. The van der Waals surface area contributed by atoms with Crippen LogP contribution in [0.15, 0.2) is 18.2 Å². The standard InChI is InChI=1S/C13H17ClN2O2/c14-12-5-4-10(17)7-11(12)13(18)16-8-9-3-1-2-6-15-9/h4-5,7,9,15,17H,1-3,6,8H2,(H,16,18). The molecule has 0 radical (unpaired) electrons. The summed E-state index contributed by atoms with van der Waals surface area (Å²) >= 11 is 5.93. The first-order chi connectivity index (χ1) is 8.66. The first-order valence-electron chi connectivity index (χ1n) is 6.17. The highest BCUT2D eigenvalue weighted by Crippen LogP contribution is 2.21. The number of phenolic OH excluding ortho intramolecular Hbond substituents is 1. The van der Waals surface area contributed by atoms with Crippen LogP contribution in [0.25, 0.3) is 0 Å². The minimum absolute atomic E-state index is 0.0420. The Balaban J connectivity index is 1.92. The molecule has 1 aliphatic rings. The zero-order valence-corrected chi connectivity index (χ0v) is 10.8. The number of rotatable bonds is 3. The van der Waals surface area contributed by atoms with Crippen LogP contribution in [0.2, 0.25) is 5.02 Å². The van der Waals surface area contributed by atoms with Gasteiger partial charge >= 0.3 is 0 Å². The maximum absolute atomic E-state index is 11.9. The van der Waals surface area contributed by atoms with Crippen molar-refractivity contribution in [1.82, 2.24) is 10.6 Å². The van der Waals surface area contributed by atoms with Crippen molar-refractivity contribution in [2.24, 2.45) is 0 Å². The van der Waals surface area contributed by atoms with E-state index in [4.69, 9.17) is 11.6 Å². The fourth-order valence-corrected chi connectivity index (χ4v) is 2.30. The summed E-state index contributed by atoms with van der Waals surface area (Å²) in [4.78, 5) is 11.9. The number of benzene rings is 1. The molecular formula is C13H17ClN2O2. The zero-order valence-electron chi connectivity index (χ0n) is 10.1. The van der Waals surface area contributed by atoms with Crippen LogP contribution in [0.3, 0.4) is 0 Å². The smallest absolute Gasteiger partial charge is 0.252 e. The Morgan fingerprint density at radius 1 is 1.50 bits per heavy atom. The zero-order chi connectivity index (χ0) is 13.0. The van der Waals surface area contributed by atoms with Gasteiger partial charge in [0, 0.05) is 12.6 Å². The van der Waals surface area contributed by atoms with Gasteiger partial charge in [-0.2, -0.15) is 0 Å². The molecule has 0 aliphatic carbocycles. The number of hydrogen-bond acceptors (Lipinski definition) is 3. The molecule has 18 heavy (non-hydrogen) atoms. The second-order valence-electron chi connectivity index (χ2n) is 4.52. The molecule has 3 N–H and O–H groups in total. The molecule has 1 amide bonds. The van der Waals surface area contributed by atoms with E-state index in [2.05, 4.69) is 10.6 Å². The Kier molecular flexibility index (Phi) is 4.44. The van der Waals surface area contributed by atoms with Crippen molar-refractivity contribution >= 4 is 17.5 Å². The van der Waals surface area contributed by atoms with Crippen molar-refractivity contribution in [3.8, 4) is 5.75 Å². The van der Waals surface area contributed by atoms with Crippen molar-refractivity contribution in [1.29, 1.82) is 0 Å². The number of aromatic hydroxyl groups is 1. The van der Waals surface area contributed by atoms with Crippen LogP contribution in [0, 0.1) is 0 Å². The molecular weight excluding hydrogens is 252 g/mol. The summed E-state index contributed by atoms with van der Waals surface area (Å²) in [5, 5.41) is 15.9. The van der Waals surface area contributed by atoms with Gasteiger partial charge in [-0.25, -0.2) is 0 Å². The predicted molar refractivity (Wildman–Crippen MR) is 71.1 cm³/mol. The van der Waals surface area contributed by atoms with Crippen LogP contribution in [-0.2, 0) is 0 Å². The SMILES string of the molecule is O=C(NCC1CCCCN1)c1cc(O)ccc1Cl. The lowest BCUT2D eigenvalue weighted by Crippen LogP contribution is -2.43. The van der Waals surface area contributed by atoms with E-state index < -0.39 is 0 Å². The summed E-state index contributed by atoms with van der Waals surface area (Å²) in [6.45, 7) is 1.60. The van der Waals surface area contributed by atoms with Crippen LogP contribution in [0.4, 0.5) is 0 Å². The van der Waals surface area contributed by atoms with Crippen molar-refractivity contribution in [3.63, 3.8) is 0 Å². The van der Waals surface area contributed by atoms with Crippen molar-refractivity contribution < 1.29 is 9.90 Å². The van der Waals surface area contributed by atoms with Gasteiger partial charge in [-0.1, -0.05) is 18.0 Å². The highest BCUT2D eigenvalue weighted by molar-refractivity contribution is 6.33. The van der Waals surface area contributed by atoms with Gasteiger partial charge in [0.1, 0.15) is 5.75 Å². The number of carbonyl (C=O) groups excluding carboxylic acids is 1. The van der Waals surface area contributed by atoms with E-state index in [9.17, 15) is 9.90 Å². The van der Waals surface area contributed by atoms with E-state index in [0.29, 0.717) is 23.2 Å². The highest BCUT2D eigenvalue weighted by atomic mass is 35.5. The maximum atomic E-state index is 11.9. The Morgan fingerprint density at radius 3 is 3.06 bits per heavy atom. The number of piperidine rings is 1. The Labute approximate surface area is 111 Å². The molecule has 4 nitrogen and oxygen atoms in total. The lowest BCUT2D eigenvalue weighted by Gasteiger charge is -2.23. The van der Waals surface area contributed by atoms with E-state index in [1.807, 2.05) is 0 Å². The Hall–Kier alpha value is -1.26. The Bertz CT molecular complexity index is 431. The number of carbonyl (C=O) groups is 1. The minimum atomic E-state index is -0.247. The predicted octanol–water partition coefficient (Wildman–Crippen LogP) is 1.92. The van der Waals surface area contributed by atoms with Gasteiger partial charge in [0.25, 0.3) is 5.91 Å². The van der Waals surface area contributed by atoms with E-state index in [-0.39, 0.29) is 11.7 Å². The summed E-state index contributed by atoms with van der Waals surface area (Å²) in [6, 6.07) is 4.69. The highest BCUT2D eigenvalue weighted by Gasteiger charge is 2.15. The molecule has 1 fully saturated rings. The van der Waals surface area contributed by atoms with Crippen molar-refractivity contribution in [2.75, 3.05) is 13.1 Å². The first-order valence-corrected chi connectivity index (χ1v) is 6.54. The lowest BCUT2D eigenvalue weighted by molar-refractivity contribution is 0.0947. The molecule has 0 bridgehead atoms. The summed E-state index contributed by atoms with van der Waals surface area (Å²) in [5.41, 5.74) is 0.312.